The third kappa shape index (κ3) is 4.55. The zero-order valence-electron chi connectivity index (χ0n) is 18.4. The summed E-state index contributed by atoms with van der Waals surface area (Å²) >= 11 is 0. The lowest BCUT2D eigenvalue weighted by Crippen LogP contribution is -2.30. The Balaban J connectivity index is 1.59. The van der Waals surface area contributed by atoms with Crippen molar-refractivity contribution in [1.82, 2.24) is 9.88 Å². The van der Waals surface area contributed by atoms with Crippen LogP contribution in [0.2, 0.25) is 0 Å². The highest BCUT2D eigenvalue weighted by molar-refractivity contribution is 6.07. The Morgan fingerprint density at radius 1 is 0.788 bits per heavy atom. The summed E-state index contributed by atoms with van der Waals surface area (Å²) in [7, 11) is 0. The zero-order valence-corrected chi connectivity index (χ0v) is 18.4. The van der Waals surface area contributed by atoms with Crippen molar-refractivity contribution in [3.8, 4) is 11.5 Å². The number of rotatable bonds is 6. The quantitative estimate of drug-likeness (QED) is 0.302. The molecule has 2 heterocycles. The van der Waals surface area contributed by atoms with E-state index in [1.165, 1.54) is 0 Å². The van der Waals surface area contributed by atoms with Crippen molar-refractivity contribution >= 4 is 16.8 Å². The van der Waals surface area contributed by atoms with Gasteiger partial charge in [-0.2, -0.15) is 0 Å². The van der Waals surface area contributed by atoms with Gasteiger partial charge >= 0.3 is 0 Å². The van der Waals surface area contributed by atoms with Crippen LogP contribution in [-0.2, 0) is 13.1 Å². The van der Waals surface area contributed by atoms with Gasteiger partial charge in [-0.3, -0.25) is 4.79 Å². The molecule has 4 nitrogen and oxygen atoms in total. The second kappa shape index (κ2) is 9.13. The van der Waals surface area contributed by atoms with Crippen LogP contribution in [-0.4, -0.2) is 15.8 Å². The average Bonchev–Trinajstić information content (AvgIpc) is 3.30. The predicted octanol–water partition coefficient (Wildman–Crippen LogP) is 6.65. The van der Waals surface area contributed by atoms with E-state index in [1.807, 2.05) is 115 Å². The Bertz CT molecular complexity index is 1350. The van der Waals surface area contributed by atoms with Gasteiger partial charge in [-0.1, -0.05) is 78.9 Å². The fourth-order valence-corrected chi connectivity index (χ4v) is 4.03. The summed E-state index contributed by atoms with van der Waals surface area (Å²) in [6.45, 7) is 2.93. The number of amides is 1. The van der Waals surface area contributed by atoms with E-state index in [0.717, 1.165) is 27.8 Å². The first-order chi connectivity index (χ1) is 16.2. The molecule has 0 bridgehead atoms. The van der Waals surface area contributed by atoms with E-state index in [2.05, 4.69) is 0 Å². The Labute approximate surface area is 193 Å². The number of pyridine rings is 1. The normalized spacial score (nSPS) is 10.9. The molecule has 4 heteroatoms. The van der Waals surface area contributed by atoms with Gasteiger partial charge < -0.3 is 9.32 Å². The predicted molar refractivity (Wildman–Crippen MR) is 131 cm³/mol. The van der Waals surface area contributed by atoms with E-state index in [1.54, 1.807) is 0 Å². The molecule has 0 aliphatic carbocycles. The first-order valence-corrected chi connectivity index (χ1v) is 11.0. The van der Waals surface area contributed by atoms with E-state index < -0.39 is 0 Å². The highest BCUT2D eigenvalue weighted by atomic mass is 16.3. The van der Waals surface area contributed by atoms with Crippen molar-refractivity contribution in [3.05, 3.63) is 126 Å². The smallest absolute Gasteiger partial charge is 0.255 e. The summed E-state index contributed by atoms with van der Waals surface area (Å²) < 4.78 is 5.82. The van der Waals surface area contributed by atoms with Gasteiger partial charge in [0, 0.05) is 18.5 Å². The molecule has 0 saturated heterocycles. The maximum Gasteiger partial charge on any atom is 0.255 e. The Morgan fingerprint density at radius 3 is 2.00 bits per heavy atom. The number of hydrogen-bond donors (Lipinski definition) is 0. The van der Waals surface area contributed by atoms with Gasteiger partial charge in [-0.15, -0.1) is 0 Å². The molecule has 0 aliphatic heterocycles. The van der Waals surface area contributed by atoms with Crippen LogP contribution in [0, 0.1) is 6.92 Å². The molecular weight excluding hydrogens is 408 g/mol. The standard InChI is InChI=1S/C29H24N2O2/c1-21-16-17-28(33-21)27-18-25(24-14-8-9-15-26(24)30-27)29(32)31(19-22-10-4-2-5-11-22)20-23-12-6-3-7-13-23/h2-18H,19-20H2,1H3. The van der Waals surface area contributed by atoms with Crippen molar-refractivity contribution < 1.29 is 9.21 Å². The number of para-hydroxylation sites is 1. The molecule has 0 radical (unpaired) electrons. The third-order valence-electron chi connectivity index (χ3n) is 5.66. The van der Waals surface area contributed by atoms with Crippen molar-refractivity contribution in [3.63, 3.8) is 0 Å². The summed E-state index contributed by atoms with van der Waals surface area (Å²) in [4.78, 5) is 20.7. The molecule has 2 aromatic heterocycles. The summed E-state index contributed by atoms with van der Waals surface area (Å²) in [6, 6.07) is 33.6. The molecule has 0 saturated carbocycles. The molecule has 5 rings (SSSR count). The van der Waals surface area contributed by atoms with Gasteiger partial charge in [0.2, 0.25) is 0 Å². The van der Waals surface area contributed by atoms with E-state index >= 15 is 0 Å². The van der Waals surface area contributed by atoms with Crippen molar-refractivity contribution in [2.75, 3.05) is 0 Å². The Kier molecular flexibility index (Phi) is 5.73. The van der Waals surface area contributed by atoms with Gasteiger partial charge in [0.05, 0.1) is 11.1 Å². The fourth-order valence-electron chi connectivity index (χ4n) is 4.03. The molecule has 1 amide bonds. The van der Waals surface area contributed by atoms with E-state index in [-0.39, 0.29) is 5.91 Å². The number of fused-ring (bicyclic) bond motifs is 1. The number of furan rings is 1. The maximum atomic E-state index is 14.0. The highest BCUT2D eigenvalue weighted by Gasteiger charge is 2.21. The molecule has 0 aliphatic rings. The number of aromatic nitrogens is 1. The average molecular weight is 433 g/mol. The summed E-state index contributed by atoms with van der Waals surface area (Å²) in [5.41, 5.74) is 4.22. The highest BCUT2D eigenvalue weighted by Crippen LogP contribution is 2.28. The molecule has 162 valence electrons. The molecule has 0 fully saturated rings. The van der Waals surface area contributed by atoms with Crippen LogP contribution in [0.25, 0.3) is 22.4 Å². The van der Waals surface area contributed by atoms with Crippen molar-refractivity contribution in [2.45, 2.75) is 20.0 Å². The minimum Gasteiger partial charge on any atom is -0.460 e. The summed E-state index contributed by atoms with van der Waals surface area (Å²) in [5, 5.41) is 0.834. The fraction of sp³-hybridized carbons (Fsp3) is 0.103. The second-order valence-electron chi connectivity index (χ2n) is 8.11. The Morgan fingerprint density at radius 2 is 1.39 bits per heavy atom. The number of nitrogens with zero attached hydrogens (tertiary/aromatic N) is 2. The SMILES string of the molecule is Cc1ccc(-c2cc(C(=O)N(Cc3ccccc3)Cc3ccccc3)c3ccccc3n2)o1. The Hall–Kier alpha value is -4.18. The first-order valence-electron chi connectivity index (χ1n) is 11.0. The lowest BCUT2D eigenvalue weighted by Gasteiger charge is -2.24. The number of benzene rings is 3. The van der Waals surface area contributed by atoms with E-state index in [4.69, 9.17) is 9.40 Å². The molecule has 3 aromatic carbocycles. The van der Waals surface area contributed by atoms with E-state index in [9.17, 15) is 4.79 Å². The second-order valence-corrected chi connectivity index (χ2v) is 8.11. The molecule has 0 unspecified atom stereocenters. The number of hydrogen-bond acceptors (Lipinski definition) is 3. The molecule has 0 atom stereocenters. The van der Waals surface area contributed by atoms with Crippen LogP contribution < -0.4 is 0 Å². The van der Waals surface area contributed by atoms with Crippen LogP contribution in [0.4, 0.5) is 0 Å². The first kappa shape index (κ1) is 20.7. The molecule has 0 N–H and O–H groups in total. The molecule has 0 spiro atoms. The van der Waals surface area contributed by atoms with E-state index in [0.29, 0.717) is 30.1 Å². The largest absolute Gasteiger partial charge is 0.460 e. The number of aryl methyl sites for hydroxylation is 1. The lowest BCUT2D eigenvalue weighted by molar-refractivity contribution is 0.0732. The van der Waals surface area contributed by atoms with Gasteiger partial charge in [0.1, 0.15) is 11.5 Å². The molecular formula is C29H24N2O2. The van der Waals surface area contributed by atoms with Crippen LogP contribution in [0.15, 0.2) is 108 Å². The molecule has 33 heavy (non-hydrogen) atoms. The minimum absolute atomic E-state index is 0.0363. The van der Waals surface area contributed by atoms with Crippen molar-refractivity contribution in [2.24, 2.45) is 0 Å². The number of carbonyl (C=O) groups excluding carboxylic acids is 1. The summed E-state index contributed by atoms with van der Waals surface area (Å²) in [6.07, 6.45) is 0. The molecule has 5 aromatic rings. The maximum absolute atomic E-state index is 14.0. The monoisotopic (exact) mass is 432 g/mol. The number of carbonyl (C=O) groups is 1. The van der Waals surface area contributed by atoms with Gasteiger partial charge in [-0.25, -0.2) is 4.98 Å². The summed E-state index contributed by atoms with van der Waals surface area (Å²) in [5.74, 6) is 1.43. The van der Waals surface area contributed by atoms with Gasteiger partial charge in [0.25, 0.3) is 5.91 Å². The van der Waals surface area contributed by atoms with Crippen LogP contribution >= 0.6 is 0 Å². The minimum atomic E-state index is -0.0363. The van der Waals surface area contributed by atoms with Crippen LogP contribution in [0.5, 0.6) is 0 Å². The lowest BCUT2D eigenvalue weighted by atomic mass is 10.0. The van der Waals surface area contributed by atoms with Gasteiger partial charge in [-0.05, 0) is 42.3 Å². The van der Waals surface area contributed by atoms with Gasteiger partial charge in [0.15, 0.2) is 5.76 Å². The third-order valence-corrected chi connectivity index (χ3v) is 5.66. The van der Waals surface area contributed by atoms with Crippen molar-refractivity contribution in [1.29, 1.82) is 0 Å². The zero-order chi connectivity index (χ0) is 22.6. The van der Waals surface area contributed by atoms with Crippen LogP contribution in [0.3, 0.4) is 0 Å². The topological polar surface area (TPSA) is 46.3 Å². The van der Waals surface area contributed by atoms with Crippen LogP contribution in [0.1, 0.15) is 27.2 Å².